The molecule has 2 aromatic heterocycles. The first kappa shape index (κ1) is 25.9. The van der Waals surface area contributed by atoms with Gasteiger partial charge in [-0.2, -0.15) is 0 Å². The van der Waals surface area contributed by atoms with Gasteiger partial charge >= 0.3 is 0 Å². The largest absolute Gasteiger partial charge is 0.305 e. The molecule has 2 aromatic carbocycles. The van der Waals surface area contributed by atoms with Crippen LogP contribution in [0, 0.1) is 6.92 Å². The molecule has 9 heteroatoms. The summed E-state index contributed by atoms with van der Waals surface area (Å²) in [6, 6.07) is 16.0. The second-order valence-electron chi connectivity index (χ2n) is 9.60. The van der Waals surface area contributed by atoms with Crippen LogP contribution in [-0.4, -0.2) is 64.2 Å². The van der Waals surface area contributed by atoms with Gasteiger partial charge in [0.1, 0.15) is 0 Å². The molecular formula is C28H33N5O2S2. The quantitative estimate of drug-likeness (QED) is 0.239. The van der Waals surface area contributed by atoms with Crippen LogP contribution in [0.3, 0.4) is 0 Å². The van der Waals surface area contributed by atoms with E-state index >= 15 is 0 Å². The van der Waals surface area contributed by atoms with E-state index in [1.165, 1.54) is 11.1 Å². The van der Waals surface area contributed by atoms with Gasteiger partial charge < -0.3 is 9.47 Å². The normalized spacial score (nSPS) is 14.6. The topological polar surface area (TPSA) is 81.0 Å². The van der Waals surface area contributed by atoms with E-state index in [1.807, 2.05) is 38.2 Å². The van der Waals surface area contributed by atoms with Crippen molar-refractivity contribution in [1.82, 2.24) is 24.6 Å². The van der Waals surface area contributed by atoms with E-state index in [9.17, 15) is 8.42 Å². The molecule has 0 spiro atoms. The predicted molar refractivity (Wildman–Crippen MR) is 150 cm³/mol. The van der Waals surface area contributed by atoms with Crippen LogP contribution in [-0.2, 0) is 29.7 Å². The molecule has 1 aliphatic rings. The number of sulfone groups is 1. The van der Waals surface area contributed by atoms with Gasteiger partial charge in [-0.15, -0.1) is 10.2 Å². The average molecular weight is 536 g/mol. The Morgan fingerprint density at radius 2 is 1.78 bits per heavy atom. The lowest BCUT2D eigenvalue weighted by Crippen LogP contribution is -2.27. The summed E-state index contributed by atoms with van der Waals surface area (Å²) in [5.41, 5.74) is 5.50. The molecule has 0 fully saturated rings. The Morgan fingerprint density at radius 1 is 0.973 bits per heavy atom. The Labute approximate surface area is 223 Å². The molecule has 1 aliphatic heterocycles. The summed E-state index contributed by atoms with van der Waals surface area (Å²) in [6.45, 7) is 6.68. The maximum Gasteiger partial charge on any atom is 0.191 e. The Kier molecular flexibility index (Phi) is 7.65. The molecule has 0 atom stereocenters. The van der Waals surface area contributed by atoms with Crippen molar-refractivity contribution in [2.75, 3.05) is 31.1 Å². The summed E-state index contributed by atoms with van der Waals surface area (Å²) in [4.78, 5) is 7.53. The highest BCUT2D eigenvalue weighted by molar-refractivity contribution is 7.99. The van der Waals surface area contributed by atoms with Crippen molar-refractivity contribution >= 4 is 32.5 Å². The van der Waals surface area contributed by atoms with Crippen molar-refractivity contribution in [3.8, 4) is 11.4 Å². The van der Waals surface area contributed by atoms with Gasteiger partial charge in [0.25, 0.3) is 0 Å². The van der Waals surface area contributed by atoms with Crippen molar-refractivity contribution in [1.29, 1.82) is 0 Å². The van der Waals surface area contributed by atoms with E-state index < -0.39 is 9.84 Å². The third-order valence-corrected chi connectivity index (χ3v) is 9.92. The number of hydrogen-bond acceptors (Lipinski definition) is 7. The molecule has 0 aliphatic carbocycles. The van der Waals surface area contributed by atoms with E-state index in [0.717, 1.165) is 77.8 Å². The Morgan fingerprint density at radius 3 is 2.59 bits per heavy atom. The zero-order valence-electron chi connectivity index (χ0n) is 21.6. The van der Waals surface area contributed by atoms with Crippen LogP contribution < -0.4 is 0 Å². The predicted octanol–water partition coefficient (Wildman–Crippen LogP) is 4.72. The van der Waals surface area contributed by atoms with Crippen molar-refractivity contribution in [3.05, 3.63) is 65.4 Å². The summed E-state index contributed by atoms with van der Waals surface area (Å²) in [6.07, 6.45) is 2.91. The highest BCUT2D eigenvalue weighted by atomic mass is 32.2. The number of nitrogens with zero attached hydrogens (tertiary/aromatic N) is 5. The zero-order chi connectivity index (χ0) is 26.0. The maximum atomic E-state index is 12.3. The third-order valence-electron chi connectivity index (χ3n) is 7.08. The van der Waals surface area contributed by atoms with Gasteiger partial charge in [0, 0.05) is 42.5 Å². The van der Waals surface area contributed by atoms with Gasteiger partial charge in [-0.05, 0) is 80.3 Å². The average Bonchev–Trinajstić information content (AvgIpc) is 3.14. The molecule has 0 saturated carbocycles. The number of thioether (sulfide) groups is 1. The summed E-state index contributed by atoms with van der Waals surface area (Å²) in [5.74, 6) is 1.97. The maximum absolute atomic E-state index is 12.3. The van der Waals surface area contributed by atoms with E-state index in [4.69, 9.17) is 0 Å². The van der Waals surface area contributed by atoms with E-state index in [1.54, 1.807) is 24.8 Å². The molecule has 5 rings (SSSR count). The first-order valence-electron chi connectivity index (χ1n) is 12.8. The minimum absolute atomic E-state index is 0.141. The lowest BCUT2D eigenvalue weighted by molar-refractivity contribution is 0.289. The number of rotatable bonds is 8. The Hall–Kier alpha value is -2.75. The molecule has 0 saturated heterocycles. The molecule has 0 unspecified atom stereocenters. The summed E-state index contributed by atoms with van der Waals surface area (Å²) < 4.78 is 26.6. The Balaban J connectivity index is 1.15. The second kappa shape index (κ2) is 10.9. The monoisotopic (exact) mass is 535 g/mol. The van der Waals surface area contributed by atoms with E-state index in [-0.39, 0.29) is 5.75 Å². The third kappa shape index (κ3) is 5.73. The lowest BCUT2D eigenvalue weighted by atomic mass is 10.0. The Bertz CT molecular complexity index is 1530. The number of hydrogen-bond donors (Lipinski definition) is 0. The number of pyridine rings is 1. The molecule has 37 heavy (non-hydrogen) atoms. The number of benzene rings is 2. The molecule has 0 bridgehead atoms. The molecule has 0 radical (unpaired) electrons. The van der Waals surface area contributed by atoms with Crippen molar-refractivity contribution in [2.45, 2.75) is 43.2 Å². The van der Waals surface area contributed by atoms with Gasteiger partial charge in [0.15, 0.2) is 20.8 Å². The summed E-state index contributed by atoms with van der Waals surface area (Å²) in [7, 11) is -1.14. The first-order valence-corrected chi connectivity index (χ1v) is 15.4. The van der Waals surface area contributed by atoms with Crippen molar-refractivity contribution in [3.63, 3.8) is 0 Å². The summed E-state index contributed by atoms with van der Waals surface area (Å²) in [5, 5.41) is 10.9. The van der Waals surface area contributed by atoms with Crippen LogP contribution in [0.1, 0.15) is 30.2 Å². The van der Waals surface area contributed by atoms with Crippen LogP contribution in [0.5, 0.6) is 0 Å². The lowest BCUT2D eigenvalue weighted by Gasteiger charge is -2.19. The number of fused-ring (bicyclic) bond motifs is 2. The minimum Gasteiger partial charge on any atom is -0.305 e. The fourth-order valence-corrected chi connectivity index (χ4v) is 6.61. The molecular weight excluding hydrogens is 502 g/mol. The molecule has 0 amide bonds. The highest BCUT2D eigenvalue weighted by Gasteiger charge is 2.18. The van der Waals surface area contributed by atoms with E-state index in [2.05, 4.69) is 42.8 Å². The number of aromatic nitrogens is 4. The van der Waals surface area contributed by atoms with Crippen LogP contribution in [0.25, 0.3) is 22.3 Å². The first-order chi connectivity index (χ1) is 17.8. The van der Waals surface area contributed by atoms with E-state index in [0.29, 0.717) is 4.90 Å². The molecule has 3 heterocycles. The zero-order valence-corrected chi connectivity index (χ0v) is 23.3. The van der Waals surface area contributed by atoms with Gasteiger partial charge in [0.2, 0.25) is 0 Å². The van der Waals surface area contributed by atoms with Gasteiger partial charge in [0.05, 0.1) is 16.2 Å². The minimum atomic E-state index is -3.16. The van der Waals surface area contributed by atoms with Crippen LogP contribution in [0.4, 0.5) is 0 Å². The van der Waals surface area contributed by atoms with Gasteiger partial charge in [-0.25, -0.2) is 8.42 Å². The standard InChI is InChI=1S/C28H33N5O2S2/c1-4-37(34,35)25-10-8-21-12-15-33(16-13-22(21)19-25)14-5-17-36-28-31-30-27(32(28)3)24-9-11-26-23(18-24)7-6-20(2)29-26/h6-11,18-19H,4-5,12-17H2,1-3H3. The van der Waals surface area contributed by atoms with Crippen LogP contribution in [0.2, 0.25) is 0 Å². The van der Waals surface area contributed by atoms with Crippen LogP contribution >= 0.6 is 11.8 Å². The van der Waals surface area contributed by atoms with Gasteiger partial charge in [-0.1, -0.05) is 30.8 Å². The second-order valence-corrected chi connectivity index (χ2v) is 12.9. The van der Waals surface area contributed by atoms with Gasteiger partial charge in [-0.3, -0.25) is 4.98 Å². The number of aryl methyl sites for hydroxylation is 1. The summed E-state index contributed by atoms with van der Waals surface area (Å²) >= 11 is 1.74. The molecule has 4 aromatic rings. The molecule has 0 N–H and O–H groups in total. The van der Waals surface area contributed by atoms with Crippen molar-refractivity contribution in [2.24, 2.45) is 7.05 Å². The SMILES string of the molecule is CCS(=O)(=O)c1ccc2c(c1)CCN(CCCSc1nnc(-c3ccc4nc(C)ccc4c3)n1C)CC2. The molecule has 7 nitrogen and oxygen atoms in total. The molecule has 194 valence electrons. The smallest absolute Gasteiger partial charge is 0.191 e. The fourth-order valence-electron chi connectivity index (χ4n) is 4.84. The highest BCUT2D eigenvalue weighted by Crippen LogP contribution is 2.26. The van der Waals surface area contributed by atoms with Crippen molar-refractivity contribution < 1.29 is 8.42 Å². The fraction of sp³-hybridized carbons (Fsp3) is 0.393. The van der Waals surface area contributed by atoms with Crippen LogP contribution in [0.15, 0.2) is 58.6 Å².